The smallest absolute Gasteiger partial charge is 0.255 e. The van der Waals surface area contributed by atoms with Gasteiger partial charge in [-0.15, -0.1) is 0 Å². The van der Waals surface area contributed by atoms with E-state index in [0.29, 0.717) is 17.9 Å². The highest BCUT2D eigenvalue weighted by Gasteiger charge is 2.06. The highest BCUT2D eigenvalue weighted by Crippen LogP contribution is 2.09. The van der Waals surface area contributed by atoms with Crippen molar-refractivity contribution in [1.82, 2.24) is 10.2 Å². The van der Waals surface area contributed by atoms with Gasteiger partial charge in [0.25, 0.3) is 5.91 Å². The third-order valence-corrected chi connectivity index (χ3v) is 2.28. The van der Waals surface area contributed by atoms with Crippen LogP contribution in [0.2, 0.25) is 0 Å². The lowest BCUT2D eigenvalue weighted by atomic mass is 10.1. The number of hydrogen-bond acceptors (Lipinski definition) is 3. The SMILES string of the molecule is COCc1ccc(C(=O)Nc2cn[nH]c2)cc1. The quantitative estimate of drug-likeness (QED) is 0.843. The van der Waals surface area contributed by atoms with Gasteiger partial charge < -0.3 is 10.1 Å². The summed E-state index contributed by atoms with van der Waals surface area (Å²) in [5, 5.41) is 9.11. The van der Waals surface area contributed by atoms with Crippen LogP contribution in [0, 0.1) is 0 Å². The number of hydrogen-bond donors (Lipinski definition) is 2. The van der Waals surface area contributed by atoms with E-state index in [1.165, 1.54) is 0 Å². The van der Waals surface area contributed by atoms with Gasteiger partial charge in [0.1, 0.15) is 0 Å². The average molecular weight is 231 g/mol. The van der Waals surface area contributed by atoms with Crippen LogP contribution in [-0.2, 0) is 11.3 Å². The van der Waals surface area contributed by atoms with Gasteiger partial charge in [-0.3, -0.25) is 9.89 Å². The van der Waals surface area contributed by atoms with E-state index in [1.807, 2.05) is 12.1 Å². The minimum atomic E-state index is -0.157. The lowest BCUT2D eigenvalue weighted by Crippen LogP contribution is -2.11. The average Bonchev–Trinajstić information content (AvgIpc) is 2.83. The van der Waals surface area contributed by atoms with E-state index in [9.17, 15) is 4.79 Å². The standard InChI is InChI=1S/C12H13N3O2/c1-17-8-9-2-4-10(5-3-9)12(16)15-11-6-13-14-7-11/h2-7H,8H2,1H3,(H,13,14)(H,15,16). The highest BCUT2D eigenvalue weighted by atomic mass is 16.5. The molecular weight excluding hydrogens is 218 g/mol. The fourth-order valence-corrected chi connectivity index (χ4v) is 1.44. The number of carbonyl (C=O) groups excluding carboxylic acids is 1. The van der Waals surface area contributed by atoms with Crippen molar-refractivity contribution in [2.24, 2.45) is 0 Å². The molecule has 0 aliphatic rings. The number of nitrogens with zero attached hydrogens (tertiary/aromatic N) is 1. The van der Waals surface area contributed by atoms with Crippen LogP contribution in [0.4, 0.5) is 5.69 Å². The van der Waals surface area contributed by atoms with Crippen molar-refractivity contribution < 1.29 is 9.53 Å². The van der Waals surface area contributed by atoms with Crippen molar-refractivity contribution in [3.63, 3.8) is 0 Å². The van der Waals surface area contributed by atoms with Gasteiger partial charge in [0.05, 0.1) is 18.5 Å². The van der Waals surface area contributed by atoms with Crippen LogP contribution in [-0.4, -0.2) is 23.2 Å². The third kappa shape index (κ3) is 2.92. The normalized spacial score (nSPS) is 10.2. The second-order valence-electron chi connectivity index (χ2n) is 3.57. The lowest BCUT2D eigenvalue weighted by Gasteiger charge is -2.03. The van der Waals surface area contributed by atoms with Crippen LogP contribution in [0.3, 0.4) is 0 Å². The Morgan fingerprint density at radius 3 is 2.76 bits per heavy atom. The van der Waals surface area contributed by atoms with Crippen molar-refractivity contribution >= 4 is 11.6 Å². The van der Waals surface area contributed by atoms with Crippen LogP contribution in [0.25, 0.3) is 0 Å². The minimum absolute atomic E-state index is 0.157. The van der Waals surface area contributed by atoms with Gasteiger partial charge in [-0.05, 0) is 17.7 Å². The Morgan fingerprint density at radius 1 is 1.41 bits per heavy atom. The predicted octanol–water partition coefficient (Wildman–Crippen LogP) is 1.81. The summed E-state index contributed by atoms with van der Waals surface area (Å²) in [5.41, 5.74) is 2.29. The molecule has 0 saturated carbocycles. The minimum Gasteiger partial charge on any atom is -0.380 e. The number of benzene rings is 1. The molecule has 0 unspecified atom stereocenters. The van der Waals surface area contributed by atoms with Gasteiger partial charge in [-0.2, -0.15) is 5.10 Å². The fraction of sp³-hybridized carbons (Fsp3) is 0.167. The number of rotatable bonds is 4. The number of ether oxygens (including phenoxy) is 1. The van der Waals surface area contributed by atoms with Crippen molar-refractivity contribution in [3.05, 3.63) is 47.8 Å². The Balaban J connectivity index is 2.04. The Morgan fingerprint density at radius 2 is 2.18 bits per heavy atom. The molecule has 2 N–H and O–H groups in total. The largest absolute Gasteiger partial charge is 0.380 e. The second kappa shape index (κ2) is 5.27. The number of anilines is 1. The second-order valence-corrected chi connectivity index (χ2v) is 3.57. The number of aromatic amines is 1. The van der Waals surface area contributed by atoms with Gasteiger partial charge in [-0.25, -0.2) is 0 Å². The summed E-state index contributed by atoms with van der Waals surface area (Å²) in [6.07, 6.45) is 3.17. The topological polar surface area (TPSA) is 67.0 Å². The molecule has 0 fully saturated rings. The number of H-pyrrole nitrogens is 1. The Hall–Kier alpha value is -2.14. The molecule has 1 amide bonds. The maximum atomic E-state index is 11.8. The monoisotopic (exact) mass is 231 g/mol. The number of nitrogens with one attached hydrogen (secondary N) is 2. The molecule has 0 atom stereocenters. The first kappa shape index (κ1) is 11.3. The van der Waals surface area contributed by atoms with E-state index < -0.39 is 0 Å². The highest BCUT2D eigenvalue weighted by molar-refractivity contribution is 6.04. The van der Waals surface area contributed by atoms with Gasteiger partial charge >= 0.3 is 0 Å². The van der Waals surface area contributed by atoms with E-state index in [-0.39, 0.29) is 5.91 Å². The van der Waals surface area contributed by atoms with Crippen LogP contribution in [0.1, 0.15) is 15.9 Å². The zero-order valence-electron chi connectivity index (χ0n) is 9.43. The van der Waals surface area contributed by atoms with Crippen LogP contribution in [0.5, 0.6) is 0 Å². The number of carbonyl (C=O) groups is 1. The van der Waals surface area contributed by atoms with Gasteiger partial charge in [0.15, 0.2) is 0 Å². The molecule has 2 aromatic rings. The fourth-order valence-electron chi connectivity index (χ4n) is 1.44. The van der Waals surface area contributed by atoms with E-state index in [0.717, 1.165) is 5.56 Å². The molecule has 1 aromatic heterocycles. The van der Waals surface area contributed by atoms with Crippen LogP contribution >= 0.6 is 0 Å². The summed E-state index contributed by atoms with van der Waals surface area (Å²) in [6, 6.07) is 7.27. The van der Waals surface area contributed by atoms with E-state index in [4.69, 9.17) is 4.74 Å². The summed E-state index contributed by atoms with van der Waals surface area (Å²) in [6.45, 7) is 0.545. The molecule has 0 bridgehead atoms. The molecule has 2 rings (SSSR count). The zero-order valence-corrected chi connectivity index (χ0v) is 9.43. The first-order valence-electron chi connectivity index (χ1n) is 5.17. The predicted molar refractivity (Wildman–Crippen MR) is 63.7 cm³/mol. The van der Waals surface area contributed by atoms with Crippen molar-refractivity contribution in [2.45, 2.75) is 6.61 Å². The summed E-state index contributed by atoms with van der Waals surface area (Å²) >= 11 is 0. The molecule has 17 heavy (non-hydrogen) atoms. The van der Waals surface area contributed by atoms with Gasteiger partial charge in [0.2, 0.25) is 0 Å². The molecule has 0 aliphatic heterocycles. The summed E-state index contributed by atoms with van der Waals surface area (Å²) in [4.78, 5) is 11.8. The Labute approximate surface area is 98.8 Å². The van der Waals surface area contributed by atoms with Crippen LogP contribution < -0.4 is 5.32 Å². The molecular formula is C12H13N3O2. The molecule has 0 spiro atoms. The third-order valence-electron chi connectivity index (χ3n) is 2.28. The number of aromatic nitrogens is 2. The number of methoxy groups -OCH3 is 1. The number of amides is 1. The summed E-state index contributed by atoms with van der Waals surface area (Å²) in [7, 11) is 1.64. The zero-order chi connectivity index (χ0) is 12.1. The molecule has 5 nitrogen and oxygen atoms in total. The Kier molecular flexibility index (Phi) is 3.52. The lowest BCUT2D eigenvalue weighted by molar-refractivity contribution is 0.102. The van der Waals surface area contributed by atoms with E-state index >= 15 is 0 Å². The van der Waals surface area contributed by atoms with Crippen molar-refractivity contribution in [3.8, 4) is 0 Å². The molecule has 0 aliphatic carbocycles. The maximum Gasteiger partial charge on any atom is 0.255 e. The summed E-state index contributed by atoms with van der Waals surface area (Å²) in [5.74, 6) is -0.157. The van der Waals surface area contributed by atoms with Crippen molar-refractivity contribution in [1.29, 1.82) is 0 Å². The van der Waals surface area contributed by atoms with Crippen molar-refractivity contribution in [2.75, 3.05) is 12.4 Å². The van der Waals surface area contributed by atoms with E-state index in [2.05, 4.69) is 15.5 Å². The molecule has 88 valence electrons. The molecule has 0 saturated heterocycles. The van der Waals surface area contributed by atoms with E-state index in [1.54, 1.807) is 31.6 Å². The molecule has 5 heteroatoms. The summed E-state index contributed by atoms with van der Waals surface area (Å²) < 4.78 is 5.00. The molecule has 1 aromatic carbocycles. The first-order chi connectivity index (χ1) is 8.29. The Bertz CT molecular complexity index is 477. The first-order valence-corrected chi connectivity index (χ1v) is 5.17. The maximum absolute atomic E-state index is 11.8. The molecule has 1 heterocycles. The molecule has 0 radical (unpaired) electrons. The van der Waals surface area contributed by atoms with Gasteiger partial charge in [-0.1, -0.05) is 12.1 Å². The van der Waals surface area contributed by atoms with Crippen LogP contribution in [0.15, 0.2) is 36.7 Å². The van der Waals surface area contributed by atoms with Gasteiger partial charge in [0, 0.05) is 18.9 Å².